The van der Waals surface area contributed by atoms with E-state index in [1.54, 1.807) is 21.3 Å². The number of halogens is 3. The summed E-state index contributed by atoms with van der Waals surface area (Å²) >= 11 is 0. The minimum Gasteiger partial charge on any atom is -0.493 e. The van der Waals surface area contributed by atoms with Gasteiger partial charge >= 0.3 is 6.18 Å². The molecule has 0 aliphatic carbocycles. The summed E-state index contributed by atoms with van der Waals surface area (Å²) in [5.41, 5.74) is 1.52. The highest BCUT2D eigenvalue weighted by molar-refractivity contribution is 5.56. The Morgan fingerprint density at radius 1 is 1.03 bits per heavy atom. The summed E-state index contributed by atoms with van der Waals surface area (Å²) in [5.74, 6) is 1.85. The molecule has 0 amide bonds. The van der Waals surface area contributed by atoms with Crippen molar-refractivity contribution in [3.8, 4) is 28.6 Å². The molecule has 0 radical (unpaired) electrons. The molecule has 2 aromatic carbocycles. The zero-order valence-corrected chi connectivity index (χ0v) is 19.0. The number of methoxy groups -OCH3 is 3. The maximum Gasteiger partial charge on any atom is 0.416 e. The zero-order valence-electron chi connectivity index (χ0n) is 19.0. The van der Waals surface area contributed by atoms with Gasteiger partial charge in [-0.2, -0.15) is 13.2 Å². The van der Waals surface area contributed by atoms with E-state index >= 15 is 0 Å². The van der Waals surface area contributed by atoms with Crippen molar-refractivity contribution >= 4 is 0 Å². The van der Waals surface area contributed by atoms with E-state index in [9.17, 15) is 18.0 Å². The van der Waals surface area contributed by atoms with Crippen LogP contribution in [0.5, 0.6) is 17.2 Å². The number of rotatable bonds is 6. The van der Waals surface area contributed by atoms with E-state index in [-0.39, 0.29) is 11.4 Å². The highest BCUT2D eigenvalue weighted by Crippen LogP contribution is 2.38. The molecule has 4 rings (SSSR count). The molecule has 3 aromatic rings. The highest BCUT2D eigenvalue weighted by Gasteiger charge is 2.30. The molecule has 1 aliphatic rings. The van der Waals surface area contributed by atoms with Gasteiger partial charge in [0.1, 0.15) is 5.82 Å². The molecular formula is C24H24F3N3O4. The predicted octanol–water partition coefficient (Wildman–Crippen LogP) is 4.04. The number of alkyl halides is 3. The van der Waals surface area contributed by atoms with E-state index in [1.165, 1.54) is 12.1 Å². The zero-order chi connectivity index (χ0) is 24.5. The van der Waals surface area contributed by atoms with Crippen molar-refractivity contribution in [2.24, 2.45) is 0 Å². The Morgan fingerprint density at radius 3 is 2.24 bits per heavy atom. The normalized spacial score (nSPS) is 13.9. The van der Waals surface area contributed by atoms with Crippen molar-refractivity contribution < 1.29 is 27.4 Å². The second kappa shape index (κ2) is 9.38. The highest BCUT2D eigenvalue weighted by atomic mass is 19.4. The summed E-state index contributed by atoms with van der Waals surface area (Å²) in [6.45, 7) is 1.62. The summed E-state index contributed by atoms with van der Waals surface area (Å²) in [4.78, 5) is 22.1. The van der Waals surface area contributed by atoms with Crippen molar-refractivity contribution in [3.05, 3.63) is 69.1 Å². The van der Waals surface area contributed by atoms with E-state index < -0.39 is 11.7 Å². The van der Waals surface area contributed by atoms with Gasteiger partial charge < -0.3 is 19.2 Å². The number of hydrogen-bond donors (Lipinski definition) is 1. The van der Waals surface area contributed by atoms with Crippen LogP contribution in [-0.4, -0.2) is 42.7 Å². The summed E-state index contributed by atoms with van der Waals surface area (Å²) < 4.78 is 54.8. The van der Waals surface area contributed by atoms with Gasteiger partial charge in [-0.3, -0.25) is 9.69 Å². The molecule has 1 N–H and O–H groups in total. The fourth-order valence-electron chi connectivity index (χ4n) is 4.07. The average Bonchev–Trinajstić information content (AvgIpc) is 2.82. The molecular weight excluding hydrogens is 451 g/mol. The summed E-state index contributed by atoms with van der Waals surface area (Å²) in [6, 6.07) is 8.32. The van der Waals surface area contributed by atoms with E-state index in [2.05, 4.69) is 14.9 Å². The fourth-order valence-corrected chi connectivity index (χ4v) is 4.07. The Labute approximate surface area is 194 Å². The van der Waals surface area contributed by atoms with Gasteiger partial charge in [0.15, 0.2) is 11.5 Å². The topological polar surface area (TPSA) is 76.7 Å². The number of hydrogen-bond acceptors (Lipinski definition) is 6. The minimum atomic E-state index is -4.43. The van der Waals surface area contributed by atoms with E-state index in [4.69, 9.17) is 14.2 Å². The van der Waals surface area contributed by atoms with Crippen LogP contribution in [0.15, 0.2) is 41.2 Å². The molecule has 34 heavy (non-hydrogen) atoms. The number of aromatic nitrogens is 2. The summed E-state index contributed by atoms with van der Waals surface area (Å²) in [6.07, 6.45) is -3.92. The van der Waals surface area contributed by atoms with Crippen molar-refractivity contribution in [3.63, 3.8) is 0 Å². The van der Waals surface area contributed by atoms with E-state index in [0.717, 1.165) is 17.7 Å². The quantitative estimate of drug-likeness (QED) is 0.580. The van der Waals surface area contributed by atoms with E-state index in [0.29, 0.717) is 60.1 Å². The summed E-state index contributed by atoms with van der Waals surface area (Å²) in [7, 11) is 4.65. The van der Waals surface area contributed by atoms with Crippen LogP contribution >= 0.6 is 0 Å². The second-order valence-electron chi connectivity index (χ2n) is 7.91. The van der Waals surface area contributed by atoms with Crippen LogP contribution in [0.3, 0.4) is 0 Å². The second-order valence-corrected chi connectivity index (χ2v) is 7.91. The van der Waals surface area contributed by atoms with Crippen LogP contribution in [0.25, 0.3) is 11.4 Å². The standard InChI is InChI=1S/C24H24F3N3O4/c1-32-19-10-14(11-20(33-2)21(19)34-3)12-30-9-8-17-18(13-30)28-22(29-23(17)31)15-4-6-16(7-5-15)24(25,26)27/h4-7,10-11H,8-9,12-13H2,1-3H3,(H,28,29,31). The van der Waals surface area contributed by atoms with Crippen LogP contribution in [-0.2, 0) is 25.7 Å². The van der Waals surface area contributed by atoms with Crippen LogP contribution in [0.2, 0.25) is 0 Å². The number of nitrogens with zero attached hydrogens (tertiary/aromatic N) is 2. The molecule has 10 heteroatoms. The first-order valence-corrected chi connectivity index (χ1v) is 10.5. The molecule has 0 spiro atoms. The van der Waals surface area contributed by atoms with Gasteiger partial charge in [0.2, 0.25) is 5.75 Å². The lowest BCUT2D eigenvalue weighted by molar-refractivity contribution is -0.137. The smallest absolute Gasteiger partial charge is 0.416 e. The van der Waals surface area contributed by atoms with Crippen molar-refractivity contribution in [1.82, 2.24) is 14.9 Å². The lowest BCUT2D eigenvalue weighted by Crippen LogP contribution is -2.35. The van der Waals surface area contributed by atoms with Gasteiger partial charge in [-0.25, -0.2) is 4.98 Å². The number of nitrogens with one attached hydrogen (secondary N) is 1. The van der Waals surface area contributed by atoms with Gasteiger partial charge in [0, 0.05) is 30.8 Å². The Kier molecular flexibility index (Phi) is 6.52. The monoisotopic (exact) mass is 475 g/mol. The molecule has 1 aliphatic heterocycles. The van der Waals surface area contributed by atoms with Crippen LogP contribution in [0, 0.1) is 0 Å². The number of ether oxygens (including phenoxy) is 3. The molecule has 0 unspecified atom stereocenters. The van der Waals surface area contributed by atoms with Gasteiger partial charge in [-0.1, -0.05) is 12.1 Å². The lowest BCUT2D eigenvalue weighted by Gasteiger charge is -2.28. The molecule has 0 atom stereocenters. The maximum absolute atomic E-state index is 12.9. The van der Waals surface area contributed by atoms with Crippen molar-refractivity contribution in [2.75, 3.05) is 27.9 Å². The van der Waals surface area contributed by atoms with Crippen LogP contribution < -0.4 is 19.8 Å². The third-order valence-electron chi connectivity index (χ3n) is 5.77. The van der Waals surface area contributed by atoms with Crippen molar-refractivity contribution in [2.45, 2.75) is 25.7 Å². The third kappa shape index (κ3) is 4.72. The SMILES string of the molecule is COc1cc(CN2CCc3c(nc(-c4ccc(C(F)(F)F)cc4)[nH]c3=O)C2)cc(OC)c1OC. The van der Waals surface area contributed by atoms with E-state index in [1.807, 2.05) is 12.1 Å². The van der Waals surface area contributed by atoms with Crippen LogP contribution in [0.1, 0.15) is 22.4 Å². The predicted molar refractivity (Wildman–Crippen MR) is 119 cm³/mol. The maximum atomic E-state index is 12.9. The summed E-state index contributed by atoms with van der Waals surface area (Å²) in [5, 5.41) is 0. The first-order chi connectivity index (χ1) is 16.2. The van der Waals surface area contributed by atoms with Gasteiger partial charge in [0.25, 0.3) is 5.56 Å². The van der Waals surface area contributed by atoms with Gasteiger partial charge in [0.05, 0.1) is 32.6 Å². The number of aromatic amines is 1. The Bertz CT molecular complexity index is 1210. The fraction of sp³-hybridized carbons (Fsp3) is 0.333. The molecule has 1 aromatic heterocycles. The number of benzene rings is 2. The van der Waals surface area contributed by atoms with Crippen LogP contribution in [0.4, 0.5) is 13.2 Å². The lowest BCUT2D eigenvalue weighted by atomic mass is 10.0. The largest absolute Gasteiger partial charge is 0.493 e. The molecule has 0 fully saturated rings. The Morgan fingerprint density at radius 2 is 1.68 bits per heavy atom. The third-order valence-corrected chi connectivity index (χ3v) is 5.77. The first kappa shape index (κ1) is 23.6. The first-order valence-electron chi connectivity index (χ1n) is 10.5. The molecule has 180 valence electrons. The number of H-pyrrole nitrogens is 1. The Hall–Kier alpha value is -3.53. The molecule has 0 bridgehead atoms. The minimum absolute atomic E-state index is 0.243. The molecule has 0 saturated carbocycles. The molecule has 0 saturated heterocycles. The molecule has 7 nitrogen and oxygen atoms in total. The molecule has 2 heterocycles. The van der Waals surface area contributed by atoms with Crippen molar-refractivity contribution in [1.29, 1.82) is 0 Å². The van der Waals surface area contributed by atoms with Gasteiger partial charge in [-0.05, 0) is 36.2 Å². The Balaban J connectivity index is 1.59. The average molecular weight is 475 g/mol. The van der Waals surface area contributed by atoms with Gasteiger partial charge in [-0.15, -0.1) is 0 Å². The number of fused-ring (bicyclic) bond motifs is 1.